The predicted molar refractivity (Wildman–Crippen MR) is 57.2 cm³/mol. The molecule has 2 aliphatic heterocycles. The first-order valence-electron chi connectivity index (χ1n) is 5.82. The number of piperidine rings is 1. The van der Waals surface area contributed by atoms with Crippen molar-refractivity contribution in [1.29, 1.82) is 0 Å². The van der Waals surface area contributed by atoms with E-state index in [0.717, 1.165) is 13.2 Å². The normalized spacial score (nSPS) is 41.1. The monoisotopic (exact) mass is 198 g/mol. The van der Waals surface area contributed by atoms with E-state index in [1.54, 1.807) is 0 Å². The minimum absolute atomic E-state index is 0.275. The van der Waals surface area contributed by atoms with E-state index >= 15 is 0 Å². The van der Waals surface area contributed by atoms with Gasteiger partial charge in [0.05, 0.1) is 6.61 Å². The summed E-state index contributed by atoms with van der Waals surface area (Å²) in [6, 6.07) is 0.594. The summed E-state index contributed by atoms with van der Waals surface area (Å²) in [5.74, 6) is 0.667. The molecule has 0 amide bonds. The zero-order chi connectivity index (χ0) is 9.97. The Kier molecular flexibility index (Phi) is 3.42. The van der Waals surface area contributed by atoms with Crippen LogP contribution in [0.15, 0.2) is 0 Å². The molecule has 3 atom stereocenters. The van der Waals surface area contributed by atoms with Crippen LogP contribution in [0.25, 0.3) is 0 Å². The molecule has 0 aromatic heterocycles. The molecule has 2 aliphatic rings. The molecule has 2 saturated heterocycles. The van der Waals surface area contributed by atoms with E-state index in [2.05, 4.69) is 24.2 Å². The smallest absolute Gasteiger partial charge is 0.123 e. The van der Waals surface area contributed by atoms with Crippen LogP contribution in [0.2, 0.25) is 0 Å². The summed E-state index contributed by atoms with van der Waals surface area (Å²) in [5, 5.41) is 3.51. The van der Waals surface area contributed by atoms with E-state index in [9.17, 15) is 0 Å². The van der Waals surface area contributed by atoms with Crippen molar-refractivity contribution < 1.29 is 4.74 Å². The highest BCUT2D eigenvalue weighted by atomic mass is 16.5. The fourth-order valence-electron chi connectivity index (χ4n) is 2.43. The van der Waals surface area contributed by atoms with Crippen LogP contribution < -0.4 is 5.32 Å². The zero-order valence-electron chi connectivity index (χ0n) is 9.33. The molecule has 14 heavy (non-hydrogen) atoms. The third kappa shape index (κ3) is 2.27. The van der Waals surface area contributed by atoms with E-state index in [-0.39, 0.29) is 6.23 Å². The Morgan fingerprint density at radius 3 is 2.86 bits per heavy atom. The Hall–Kier alpha value is -0.120. The van der Waals surface area contributed by atoms with Crippen molar-refractivity contribution in [3.05, 3.63) is 0 Å². The molecule has 2 heterocycles. The number of rotatable bonds is 1. The third-order valence-electron chi connectivity index (χ3n) is 3.40. The molecular weight excluding hydrogens is 176 g/mol. The van der Waals surface area contributed by atoms with Gasteiger partial charge in [-0.15, -0.1) is 0 Å². The second kappa shape index (κ2) is 4.60. The van der Waals surface area contributed by atoms with Crippen LogP contribution in [-0.4, -0.2) is 43.9 Å². The summed E-state index contributed by atoms with van der Waals surface area (Å²) in [5.41, 5.74) is 0. The van der Waals surface area contributed by atoms with Gasteiger partial charge >= 0.3 is 0 Å². The summed E-state index contributed by atoms with van der Waals surface area (Å²) in [4.78, 5) is 2.44. The Labute approximate surface area is 86.8 Å². The molecule has 2 rings (SSSR count). The third-order valence-corrected chi connectivity index (χ3v) is 3.40. The zero-order valence-corrected chi connectivity index (χ0v) is 9.33. The quantitative estimate of drug-likeness (QED) is 0.681. The Bertz CT molecular complexity index is 178. The Balaban J connectivity index is 1.87. The number of hydrogen-bond donors (Lipinski definition) is 1. The van der Waals surface area contributed by atoms with Crippen LogP contribution >= 0.6 is 0 Å². The van der Waals surface area contributed by atoms with Crippen LogP contribution in [0.5, 0.6) is 0 Å². The number of nitrogens with one attached hydrogen (secondary N) is 1. The largest absolute Gasteiger partial charge is 0.361 e. The molecule has 0 bridgehead atoms. The van der Waals surface area contributed by atoms with Crippen LogP contribution in [0.1, 0.15) is 26.2 Å². The topological polar surface area (TPSA) is 24.5 Å². The molecule has 3 heteroatoms. The molecule has 3 unspecified atom stereocenters. The molecular formula is C11H22N2O. The fraction of sp³-hybridized carbons (Fsp3) is 1.00. The number of ether oxygens (including phenoxy) is 1. The van der Waals surface area contributed by atoms with Crippen LogP contribution in [0, 0.1) is 5.92 Å². The Morgan fingerprint density at radius 1 is 1.36 bits per heavy atom. The molecule has 3 nitrogen and oxygen atoms in total. The SMILES string of the molecule is CC1CNC(C2CCCCN2C)OC1. The van der Waals surface area contributed by atoms with E-state index < -0.39 is 0 Å². The second-order valence-electron chi connectivity index (χ2n) is 4.81. The van der Waals surface area contributed by atoms with Crippen molar-refractivity contribution in [3.63, 3.8) is 0 Å². The summed E-state index contributed by atoms with van der Waals surface area (Å²) >= 11 is 0. The summed E-state index contributed by atoms with van der Waals surface area (Å²) in [7, 11) is 2.22. The highest BCUT2D eigenvalue weighted by molar-refractivity contribution is 4.83. The maximum Gasteiger partial charge on any atom is 0.123 e. The molecule has 0 saturated carbocycles. The maximum absolute atomic E-state index is 5.85. The lowest BCUT2D eigenvalue weighted by atomic mass is 10.00. The van der Waals surface area contributed by atoms with Crippen LogP contribution in [0.4, 0.5) is 0 Å². The molecule has 1 N–H and O–H groups in total. The van der Waals surface area contributed by atoms with Gasteiger partial charge in [-0.1, -0.05) is 13.3 Å². The van der Waals surface area contributed by atoms with Crippen LogP contribution in [-0.2, 0) is 4.74 Å². The van der Waals surface area contributed by atoms with Gasteiger partial charge < -0.3 is 4.74 Å². The average molecular weight is 198 g/mol. The van der Waals surface area contributed by atoms with Gasteiger partial charge in [0.15, 0.2) is 0 Å². The van der Waals surface area contributed by atoms with Crippen molar-refractivity contribution >= 4 is 0 Å². The van der Waals surface area contributed by atoms with Gasteiger partial charge in [0.1, 0.15) is 6.23 Å². The molecule has 0 aromatic rings. The average Bonchev–Trinajstić information content (AvgIpc) is 2.20. The lowest BCUT2D eigenvalue weighted by Gasteiger charge is -2.41. The van der Waals surface area contributed by atoms with Gasteiger partial charge in [-0.2, -0.15) is 0 Å². The van der Waals surface area contributed by atoms with Crippen molar-refractivity contribution in [2.75, 3.05) is 26.7 Å². The summed E-state index contributed by atoms with van der Waals surface area (Å²) in [6.45, 7) is 5.48. The molecule has 82 valence electrons. The van der Waals surface area contributed by atoms with Gasteiger partial charge in [-0.25, -0.2) is 0 Å². The van der Waals surface area contributed by atoms with Crippen molar-refractivity contribution in [1.82, 2.24) is 10.2 Å². The fourth-order valence-corrected chi connectivity index (χ4v) is 2.43. The lowest BCUT2D eigenvalue weighted by Crippen LogP contribution is -2.55. The molecule has 0 spiro atoms. The highest BCUT2D eigenvalue weighted by Crippen LogP contribution is 2.20. The van der Waals surface area contributed by atoms with Crippen molar-refractivity contribution in [2.45, 2.75) is 38.5 Å². The van der Waals surface area contributed by atoms with Gasteiger partial charge in [0.2, 0.25) is 0 Å². The Morgan fingerprint density at radius 2 is 2.21 bits per heavy atom. The summed E-state index contributed by atoms with van der Waals surface area (Å²) in [6.07, 6.45) is 4.25. The molecule has 2 fully saturated rings. The van der Waals surface area contributed by atoms with E-state index in [0.29, 0.717) is 12.0 Å². The number of likely N-dealkylation sites (tertiary alicyclic amines) is 1. The molecule has 0 aliphatic carbocycles. The molecule has 0 aromatic carbocycles. The highest BCUT2D eigenvalue weighted by Gasteiger charge is 2.30. The number of nitrogens with zero attached hydrogens (tertiary/aromatic N) is 1. The standard InChI is InChI=1S/C11H22N2O/c1-9-7-12-11(14-8-9)10-5-3-4-6-13(10)2/h9-12H,3-8H2,1-2H3. The number of hydrogen-bond acceptors (Lipinski definition) is 3. The van der Waals surface area contributed by atoms with Gasteiger partial charge in [-0.3, -0.25) is 10.2 Å². The van der Waals surface area contributed by atoms with E-state index in [1.807, 2.05) is 0 Å². The maximum atomic E-state index is 5.85. The first kappa shape index (κ1) is 10.4. The lowest BCUT2D eigenvalue weighted by molar-refractivity contribution is -0.0757. The second-order valence-corrected chi connectivity index (χ2v) is 4.81. The van der Waals surface area contributed by atoms with Crippen LogP contribution in [0.3, 0.4) is 0 Å². The minimum atomic E-state index is 0.275. The first-order chi connectivity index (χ1) is 6.77. The van der Waals surface area contributed by atoms with Gasteiger partial charge in [-0.05, 0) is 32.4 Å². The van der Waals surface area contributed by atoms with Crippen molar-refractivity contribution in [3.8, 4) is 0 Å². The van der Waals surface area contributed by atoms with Gasteiger partial charge in [0, 0.05) is 12.6 Å². The predicted octanol–water partition coefficient (Wildman–Crippen LogP) is 1.05. The number of likely N-dealkylation sites (N-methyl/N-ethyl adjacent to an activating group) is 1. The summed E-state index contributed by atoms with van der Waals surface area (Å²) < 4.78 is 5.85. The van der Waals surface area contributed by atoms with Crippen molar-refractivity contribution in [2.24, 2.45) is 5.92 Å². The minimum Gasteiger partial charge on any atom is -0.361 e. The first-order valence-corrected chi connectivity index (χ1v) is 5.82. The van der Waals surface area contributed by atoms with E-state index in [1.165, 1.54) is 25.8 Å². The van der Waals surface area contributed by atoms with Gasteiger partial charge in [0.25, 0.3) is 0 Å². The molecule has 0 radical (unpaired) electrons. The van der Waals surface area contributed by atoms with E-state index in [4.69, 9.17) is 4.74 Å².